The van der Waals surface area contributed by atoms with Crippen LogP contribution in [0.3, 0.4) is 0 Å². The van der Waals surface area contributed by atoms with Crippen LogP contribution in [0.5, 0.6) is 5.75 Å². The normalized spacial score (nSPS) is 11.1. The average molecular weight is 541 g/mol. The third-order valence-corrected chi connectivity index (χ3v) is 5.45. The van der Waals surface area contributed by atoms with Gasteiger partial charge in [0.15, 0.2) is 11.8 Å². The number of rotatable bonds is 8. The summed E-state index contributed by atoms with van der Waals surface area (Å²) in [7, 11) is 3.62. The molecule has 0 bridgehead atoms. The molecule has 10 heteroatoms. The highest BCUT2D eigenvalue weighted by atomic mass is 127. The molecule has 0 saturated carbocycles. The van der Waals surface area contributed by atoms with E-state index in [1.807, 2.05) is 49.0 Å². The number of guanidine groups is 1. The van der Waals surface area contributed by atoms with Crippen LogP contribution in [-0.2, 0) is 26.6 Å². The zero-order valence-corrected chi connectivity index (χ0v) is 20.8. The summed E-state index contributed by atoms with van der Waals surface area (Å²) in [6.07, 6.45) is 2.76. The maximum absolute atomic E-state index is 5.21. The number of hydrogen-bond acceptors (Lipinski definition) is 6. The van der Waals surface area contributed by atoms with E-state index in [0.717, 1.165) is 46.9 Å². The van der Waals surface area contributed by atoms with Gasteiger partial charge in [-0.05, 0) is 31.5 Å². The molecule has 0 spiro atoms. The van der Waals surface area contributed by atoms with E-state index < -0.39 is 0 Å². The SMILES string of the molecule is COc1ccc(CN=C(NCCc2ncc(C)s2)NCc2nnc(C)n2C)cc1.I. The maximum Gasteiger partial charge on any atom is 0.191 e. The molecule has 8 nitrogen and oxygen atoms in total. The molecule has 1 aromatic carbocycles. The lowest BCUT2D eigenvalue weighted by Crippen LogP contribution is -2.38. The summed E-state index contributed by atoms with van der Waals surface area (Å²) < 4.78 is 7.18. The monoisotopic (exact) mass is 541 g/mol. The Balaban J connectivity index is 0.00000320. The van der Waals surface area contributed by atoms with Crippen LogP contribution in [0.1, 0.15) is 27.1 Å². The van der Waals surface area contributed by atoms with Gasteiger partial charge < -0.3 is 19.9 Å². The molecule has 30 heavy (non-hydrogen) atoms. The summed E-state index contributed by atoms with van der Waals surface area (Å²) in [5.74, 6) is 3.31. The molecule has 0 aliphatic rings. The van der Waals surface area contributed by atoms with Gasteiger partial charge in [0.25, 0.3) is 0 Å². The first-order chi connectivity index (χ1) is 14.0. The molecule has 0 aliphatic heterocycles. The van der Waals surface area contributed by atoms with E-state index in [0.29, 0.717) is 13.1 Å². The van der Waals surface area contributed by atoms with Gasteiger partial charge >= 0.3 is 0 Å². The lowest BCUT2D eigenvalue weighted by Gasteiger charge is -2.12. The zero-order chi connectivity index (χ0) is 20.6. The molecule has 2 heterocycles. The topological polar surface area (TPSA) is 89.2 Å². The number of halogens is 1. The van der Waals surface area contributed by atoms with Crippen molar-refractivity contribution in [1.29, 1.82) is 0 Å². The molecule has 2 N–H and O–H groups in total. The second-order valence-corrected chi connectivity index (χ2v) is 7.95. The number of nitrogens with zero attached hydrogens (tertiary/aromatic N) is 5. The van der Waals surface area contributed by atoms with Gasteiger partial charge in [0.05, 0.1) is 25.2 Å². The highest BCUT2D eigenvalue weighted by Crippen LogP contribution is 2.12. The van der Waals surface area contributed by atoms with Crippen molar-refractivity contribution in [2.45, 2.75) is 33.4 Å². The van der Waals surface area contributed by atoms with Crippen LogP contribution in [0.4, 0.5) is 0 Å². The van der Waals surface area contributed by atoms with Gasteiger partial charge in [0.2, 0.25) is 0 Å². The van der Waals surface area contributed by atoms with Gasteiger partial charge in [0, 0.05) is 31.1 Å². The molecule has 0 amide bonds. The third-order valence-electron chi connectivity index (χ3n) is 4.48. The Morgan fingerprint density at radius 1 is 1.17 bits per heavy atom. The van der Waals surface area contributed by atoms with E-state index in [1.165, 1.54) is 4.88 Å². The van der Waals surface area contributed by atoms with E-state index in [2.05, 4.69) is 32.7 Å². The smallest absolute Gasteiger partial charge is 0.191 e. The predicted molar refractivity (Wildman–Crippen MR) is 131 cm³/mol. The molecule has 3 aromatic rings. The van der Waals surface area contributed by atoms with Crippen molar-refractivity contribution in [3.63, 3.8) is 0 Å². The number of ether oxygens (including phenoxy) is 1. The van der Waals surface area contributed by atoms with E-state index >= 15 is 0 Å². The minimum absolute atomic E-state index is 0. The predicted octanol–water partition coefficient (Wildman–Crippen LogP) is 2.99. The summed E-state index contributed by atoms with van der Waals surface area (Å²) >= 11 is 1.72. The Kier molecular flexibility index (Phi) is 9.50. The van der Waals surface area contributed by atoms with Gasteiger partial charge in [0.1, 0.15) is 11.6 Å². The van der Waals surface area contributed by atoms with E-state index in [1.54, 1.807) is 18.4 Å². The number of thiazole rings is 1. The highest BCUT2D eigenvalue weighted by Gasteiger charge is 2.07. The Bertz CT molecular complexity index is 952. The minimum Gasteiger partial charge on any atom is -0.497 e. The largest absolute Gasteiger partial charge is 0.497 e. The van der Waals surface area contributed by atoms with E-state index in [9.17, 15) is 0 Å². The number of aryl methyl sites for hydroxylation is 2. The fourth-order valence-electron chi connectivity index (χ4n) is 2.65. The second-order valence-electron chi connectivity index (χ2n) is 6.63. The van der Waals surface area contributed by atoms with Gasteiger partial charge in [-0.1, -0.05) is 12.1 Å². The summed E-state index contributed by atoms with van der Waals surface area (Å²) in [4.78, 5) is 10.4. The van der Waals surface area contributed by atoms with Crippen LogP contribution in [0.15, 0.2) is 35.5 Å². The summed E-state index contributed by atoms with van der Waals surface area (Å²) in [6, 6.07) is 7.92. The van der Waals surface area contributed by atoms with Gasteiger partial charge in [-0.2, -0.15) is 0 Å². The van der Waals surface area contributed by atoms with Crippen LogP contribution >= 0.6 is 35.3 Å². The second kappa shape index (κ2) is 11.8. The van der Waals surface area contributed by atoms with Crippen LogP contribution < -0.4 is 15.4 Å². The number of nitrogens with one attached hydrogen (secondary N) is 2. The third kappa shape index (κ3) is 6.94. The minimum atomic E-state index is 0. The standard InChI is InChI=1S/C20H27N7OS.HI/c1-14-11-22-19(29-14)9-10-21-20(24-13-18-26-25-15(2)27(18)3)23-12-16-5-7-17(28-4)8-6-16;/h5-8,11H,9-10,12-13H2,1-4H3,(H2,21,23,24);1H. The van der Waals surface area contributed by atoms with Crippen molar-refractivity contribution >= 4 is 41.3 Å². The van der Waals surface area contributed by atoms with Crippen molar-refractivity contribution in [2.75, 3.05) is 13.7 Å². The molecule has 3 rings (SSSR count). The summed E-state index contributed by atoms with van der Waals surface area (Å²) in [5.41, 5.74) is 1.11. The number of methoxy groups -OCH3 is 1. The molecular weight excluding hydrogens is 513 g/mol. The molecule has 0 saturated heterocycles. The number of hydrogen-bond donors (Lipinski definition) is 2. The fraction of sp³-hybridized carbons (Fsp3) is 0.400. The number of aliphatic imine (C=N–C) groups is 1. The van der Waals surface area contributed by atoms with Crippen LogP contribution in [-0.4, -0.2) is 39.4 Å². The van der Waals surface area contributed by atoms with Crippen molar-refractivity contribution in [2.24, 2.45) is 12.0 Å². The first-order valence-electron chi connectivity index (χ1n) is 9.46. The first-order valence-corrected chi connectivity index (χ1v) is 10.3. The molecule has 0 fully saturated rings. The highest BCUT2D eigenvalue weighted by molar-refractivity contribution is 14.0. The van der Waals surface area contributed by atoms with Crippen LogP contribution in [0, 0.1) is 13.8 Å². The first kappa shape index (κ1) is 24.1. The van der Waals surface area contributed by atoms with E-state index in [4.69, 9.17) is 9.73 Å². The molecule has 0 unspecified atom stereocenters. The molecule has 0 radical (unpaired) electrons. The lowest BCUT2D eigenvalue weighted by atomic mass is 10.2. The number of benzene rings is 1. The molecule has 0 aliphatic carbocycles. The van der Waals surface area contributed by atoms with Gasteiger partial charge in [-0.3, -0.25) is 0 Å². The van der Waals surface area contributed by atoms with Crippen molar-refractivity contribution < 1.29 is 4.74 Å². The molecule has 0 atom stereocenters. The average Bonchev–Trinajstić information content (AvgIpc) is 3.29. The molecular formula is C20H28IN7OS. The quantitative estimate of drug-likeness (QED) is 0.259. The Morgan fingerprint density at radius 2 is 1.93 bits per heavy atom. The fourth-order valence-corrected chi connectivity index (χ4v) is 3.43. The zero-order valence-electron chi connectivity index (χ0n) is 17.7. The van der Waals surface area contributed by atoms with Crippen LogP contribution in [0.25, 0.3) is 0 Å². The summed E-state index contributed by atoms with van der Waals surface area (Å²) in [5, 5.41) is 16.2. The lowest BCUT2D eigenvalue weighted by molar-refractivity contribution is 0.414. The number of aromatic nitrogens is 4. The van der Waals surface area contributed by atoms with Gasteiger partial charge in [-0.25, -0.2) is 9.98 Å². The van der Waals surface area contributed by atoms with Crippen molar-refractivity contribution in [1.82, 2.24) is 30.4 Å². The Labute approximate surface area is 198 Å². The Hall–Kier alpha value is -2.21. The van der Waals surface area contributed by atoms with E-state index in [-0.39, 0.29) is 24.0 Å². The van der Waals surface area contributed by atoms with Gasteiger partial charge in [-0.15, -0.1) is 45.5 Å². The molecule has 2 aromatic heterocycles. The Morgan fingerprint density at radius 3 is 2.53 bits per heavy atom. The maximum atomic E-state index is 5.21. The molecule has 162 valence electrons. The van der Waals surface area contributed by atoms with Crippen LogP contribution in [0.2, 0.25) is 0 Å². The van der Waals surface area contributed by atoms with Crippen molar-refractivity contribution in [3.05, 3.63) is 57.6 Å². The van der Waals surface area contributed by atoms with Crippen molar-refractivity contribution in [3.8, 4) is 5.75 Å². The summed E-state index contributed by atoms with van der Waals surface area (Å²) in [6.45, 7) is 5.86.